The molecule has 1 aliphatic rings. The van der Waals surface area contributed by atoms with Crippen LogP contribution in [0.2, 0.25) is 0 Å². The van der Waals surface area contributed by atoms with E-state index in [-0.39, 0.29) is 11.2 Å². The Balaban J connectivity index is 1.27. The first kappa shape index (κ1) is 21.1. The minimum Gasteiger partial charge on any atom is -0.356 e. The van der Waals surface area contributed by atoms with Crippen LogP contribution in [-0.2, 0) is 24.9 Å². The fourth-order valence-corrected chi connectivity index (χ4v) is 4.03. The summed E-state index contributed by atoms with van der Waals surface area (Å²) >= 11 is 0. The minimum atomic E-state index is -0.126. The molecule has 0 amide bonds. The Morgan fingerprint density at radius 3 is 2.61 bits per heavy atom. The van der Waals surface area contributed by atoms with E-state index in [1.54, 1.807) is 19.2 Å². The van der Waals surface area contributed by atoms with Gasteiger partial charge in [-0.25, -0.2) is 9.37 Å². The van der Waals surface area contributed by atoms with Crippen LogP contribution in [0.1, 0.15) is 36.2 Å². The van der Waals surface area contributed by atoms with Gasteiger partial charge in [0.1, 0.15) is 11.6 Å². The topological polar surface area (TPSA) is 54.2 Å². The molecule has 2 aromatic carbocycles. The summed E-state index contributed by atoms with van der Waals surface area (Å²) in [6.07, 6.45) is 7.95. The third kappa shape index (κ3) is 5.32. The third-order valence-corrected chi connectivity index (χ3v) is 6.04. The molecule has 3 aromatic rings. The van der Waals surface area contributed by atoms with Crippen LogP contribution in [0, 0.1) is 5.82 Å². The molecule has 162 valence electrons. The van der Waals surface area contributed by atoms with Gasteiger partial charge in [-0.1, -0.05) is 48.5 Å². The average Bonchev–Trinajstić information content (AvgIpc) is 3.45. The molecule has 1 saturated carbocycles. The first-order valence-corrected chi connectivity index (χ1v) is 10.9. The molecule has 1 aromatic heterocycles. The van der Waals surface area contributed by atoms with E-state index in [2.05, 4.69) is 49.4 Å². The lowest BCUT2D eigenvalue weighted by atomic mass is 9.95. The van der Waals surface area contributed by atoms with Gasteiger partial charge in [0.05, 0.1) is 6.54 Å². The second kappa shape index (κ2) is 9.77. The zero-order valence-electron chi connectivity index (χ0n) is 18.0. The molecule has 6 heteroatoms. The fourth-order valence-electron chi connectivity index (χ4n) is 4.03. The van der Waals surface area contributed by atoms with Crippen LogP contribution in [0.25, 0.3) is 0 Å². The molecule has 4 rings (SSSR count). The maximum Gasteiger partial charge on any atom is 0.191 e. The highest BCUT2D eigenvalue weighted by Gasteiger charge is 2.45. The van der Waals surface area contributed by atoms with Crippen molar-refractivity contribution in [2.24, 2.45) is 4.99 Å². The largest absolute Gasteiger partial charge is 0.356 e. The quantitative estimate of drug-likeness (QED) is 0.406. The molecule has 5 nitrogen and oxygen atoms in total. The highest BCUT2D eigenvalue weighted by molar-refractivity contribution is 5.79. The number of benzene rings is 2. The van der Waals surface area contributed by atoms with Crippen molar-refractivity contribution in [2.45, 2.75) is 44.2 Å². The van der Waals surface area contributed by atoms with Crippen LogP contribution in [-0.4, -0.2) is 29.1 Å². The van der Waals surface area contributed by atoms with Crippen molar-refractivity contribution in [3.05, 3.63) is 89.8 Å². The minimum absolute atomic E-state index is 0.123. The van der Waals surface area contributed by atoms with E-state index in [9.17, 15) is 4.39 Å². The van der Waals surface area contributed by atoms with Gasteiger partial charge in [-0.2, -0.15) is 0 Å². The second-order valence-electron chi connectivity index (χ2n) is 8.17. The van der Waals surface area contributed by atoms with E-state index in [0.717, 1.165) is 43.6 Å². The summed E-state index contributed by atoms with van der Waals surface area (Å²) in [4.78, 5) is 8.83. The number of nitrogens with one attached hydrogen (secondary N) is 2. The number of rotatable bonds is 9. The van der Waals surface area contributed by atoms with Gasteiger partial charge >= 0.3 is 0 Å². The lowest BCUT2D eigenvalue weighted by molar-refractivity contribution is 0.558. The van der Waals surface area contributed by atoms with Gasteiger partial charge in [0.25, 0.3) is 0 Å². The van der Waals surface area contributed by atoms with Crippen LogP contribution in [0.15, 0.2) is 72.0 Å². The first-order valence-electron chi connectivity index (χ1n) is 10.9. The van der Waals surface area contributed by atoms with Crippen molar-refractivity contribution in [1.82, 2.24) is 20.2 Å². The van der Waals surface area contributed by atoms with Gasteiger partial charge in [-0.3, -0.25) is 4.99 Å². The van der Waals surface area contributed by atoms with Gasteiger partial charge in [-0.05, 0) is 42.9 Å². The van der Waals surface area contributed by atoms with E-state index >= 15 is 0 Å². The summed E-state index contributed by atoms with van der Waals surface area (Å²) in [5, 5.41) is 6.73. The Labute approximate surface area is 183 Å². The highest BCUT2D eigenvalue weighted by Crippen LogP contribution is 2.48. The number of guanidine groups is 1. The summed E-state index contributed by atoms with van der Waals surface area (Å²) in [6, 6.07) is 17.6. The molecule has 0 unspecified atom stereocenters. The molecule has 1 aliphatic carbocycles. The lowest BCUT2D eigenvalue weighted by Crippen LogP contribution is -2.41. The van der Waals surface area contributed by atoms with Gasteiger partial charge in [0, 0.05) is 37.9 Å². The SMILES string of the molecule is CN=C(NCc1nccn1CCCc1ccccc1)NCC1(c2ccccc2F)CC1. The molecule has 1 fully saturated rings. The summed E-state index contributed by atoms with van der Waals surface area (Å²) < 4.78 is 16.4. The van der Waals surface area contributed by atoms with Crippen LogP contribution >= 0.6 is 0 Å². The number of aromatic nitrogens is 2. The number of aryl methyl sites for hydroxylation is 2. The molecular formula is C25H30FN5. The molecule has 2 N–H and O–H groups in total. The Bertz CT molecular complexity index is 1010. The number of hydrogen-bond acceptors (Lipinski definition) is 2. The molecular weight excluding hydrogens is 389 g/mol. The van der Waals surface area contributed by atoms with Crippen molar-refractivity contribution < 1.29 is 4.39 Å². The van der Waals surface area contributed by atoms with Gasteiger partial charge < -0.3 is 15.2 Å². The molecule has 0 atom stereocenters. The van der Waals surface area contributed by atoms with E-state index in [0.29, 0.717) is 19.0 Å². The Kier molecular flexibility index (Phi) is 6.65. The monoisotopic (exact) mass is 419 g/mol. The molecule has 0 aliphatic heterocycles. The van der Waals surface area contributed by atoms with Crippen LogP contribution < -0.4 is 10.6 Å². The normalized spacial score (nSPS) is 15.0. The molecule has 31 heavy (non-hydrogen) atoms. The summed E-state index contributed by atoms with van der Waals surface area (Å²) in [5.74, 6) is 1.56. The summed E-state index contributed by atoms with van der Waals surface area (Å²) in [7, 11) is 1.75. The first-order chi connectivity index (χ1) is 15.2. The standard InChI is InChI=1S/C25H30FN5/c1-27-24(30-19-25(13-14-25)21-11-5-6-12-22(21)26)29-18-23-28-15-17-31(23)16-7-10-20-8-3-2-4-9-20/h2-6,8-9,11-12,15,17H,7,10,13-14,16,18-19H2,1H3,(H2,27,29,30). The predicted molar refractivity (Wildman–Crippen MR) is 123 cm³/mol. The van der Waals surface area contributed by atoms with E-state index in [4.69, 9.17) is 0 Å². The van der Waals surface area contributed by atoms with Crippen molar-refractivity contribution in [1.29, 1.82) is 0 Å². The maximum atomic E-state index is 14.2. The van der Waals surface area contributed by atoms with Gasteiger partial charge in [-0.15, -0.1) is 0 Å². The van der Waals surface area contributed by atoms with E-state index in [1.807, 2.05) is 30.6 Å². The van der Waals surface area contributed by atoms with Crippen LogP contribution in [0.3, 0.4) is 0 Å². The Morgan fingerprint density at radius 1 is 1.10 bits per heavy atom. The Morgan fingerprint density at radius 2 is 1.87 bits per heavy atom. The van der Waals surface area contributed by atoms with E-state index < -0.39 is 0 Å². The number of imidazole rings is 1. The zero-order chi connectivity index (χ0) is 21.5. The fraction of sp³-hybridized carbons (Fsp3) is 0.360. The van der Waals surface area contributed by atoms with Gasteiger partial charge in [0.2, 0.25) is 0 Å². The maximum absolute atomic E-state index is 14.2. The number of halogens is 1. The third-order valence-electron chi connectivity index (χ3n) is 6.04. The smallest absolute Gasteiger partial charge is 0.191 e. The average molecular weight is 420 g/mol. The number of hydrogen-bond donors (Lipinski definition) is 2. The second-order valence-corrected chi connectivity index (χ2v) is 8.17. The lowest BCUT2D eigenvalue weighted by Gasteiger charge is -2.19. The van der Waals surface area contributed by atoms with Crippen LogP contribution in [0.4, 0.5) is 4.39 Å². The van der Waals surface area contributed by atoms with Gasteiger partial charge in [0.15, 0.2) is 5.96 Å². The van der Waals surface area contributed by atoms with Crippen molar-refractivity contribution in [3.63, 3.8) is 0 Å². The van der Waals surface area contributed by atoms with E-state index in [1.165, 1.54) is 5.56 Å². The van der Waals surface area contributed by atoms with Crippen molar-refractivity contribution in [2.75, 3.05) is 13.6 Å². The van der Waals surface area contributed by atoms with Crippen LogP contribution in [0.5, 0.6) is 0 Å². The summed E-state index contributed by atoms with van der Waals surface area (Å²) in [5.41, 5.74) is 2.03. The molecule has 1 heterocycles. The zero-order valence-corrected chi connectivity index (χ0v) is 18.0. The van der Waals surface area contributed by atoms with Crippen molar-refractivity contribution in [3.8, 4) is 0 Å². The van der Waals surface area contributed by atoms with Crippen molar-refractivity contribution >= 4 is 5.96 Å². The summed E-state index contributed by atoms with van der Waals surface area (Å²) in [6.45, 7) is 2.18. The molecule has 0 spiro atoms. The highest BCUT2D eigenvalue weighted by atomic mass is 19.1. The number of aliphatic imine (C=N–C) groups is 1. The predicted octanol–water partition coefficient (Wildman–Crippen LogP) is 4.05. The molecule has 0 bridgehead atoms. The number of nitrogens with zero attached hydrogens (tertiary/aromatic N) is 3. The Hall–Kier alpha value is -3.15. The molecule has 0 saturated heterocycles. The molecule has 0 radical (unpaired) electrons.